The van der Waals surface area contributed by atoms with Crippen molar-refractivity contribution in [3.63, 3.8) is 0 Å². The number of halogens is 4. The number of hydrogen-bond donors (Lipinski definition) is 3. The molecule has 0 saturated heterocycles. The molecule has 0 bridgehead atoms. The Balaban J connectivity index is 1.31. The van der Waals surface area contributed by atoms with Crippen LogP contribution in [0.4, 0.5) is 34.0 Å². The number of aromatic nitrogens is 2. The molecule has 0 unspecified atom stereocenters. The van der Waals surface area contributed by atoms with Crippen LogP contribution in [-0.4, -0.2) is 63.4 Å². The number of hydrogen-bond acceptors (Lipinski definition) is 9. The van der Waals surface area contributed by atoms with E-state index in [4.69, 9.17) is 17.2 Å². The van der Waals surface area contributed by atoms with Crippen LogP contribution >= 0.6 is 0 Å². The minimum absolute atomic E-state index is 0.00628. The Bertz CT molecular complexity index is 1380. The van der Waals surface area contributed by atoms with Crippen molar-refractivity contribution in [3.05, 3.63) is 42.0 Å². The Morgan fingerprint density at radius 2 is 1.88 bits per heavy atom. The number of carbonyl (C=O) groups excluding carboxylic acids is 1. The average molecular weight is 607 g/mol. The number of carbonyl (C=O) groups is 1. The van der Waals surface area contributed by atoms with Gasteiger partial charge in [0.25, 0.3) is 12.4 Å². The molecule has 0 spiro atoms. The summed E-state index contributed by atoms with van der Waals surface area (Å²) >= 11 is 4.82. The molecule has 0 atom stereocenters. The van der Waals surface area contributed by atoms with E-state index in [0.717, 1.165) is 30.5 Å². The van der Waals surface area contributed by atoms with Gasteiger partial charge in [0, 0.05) is 24.5 Å². The minimum Gasteiger partial charge on any atom is -0.449 e. The van der Waals surface area contributed by atoms with Crippen molar-refractivity contribution < 1.29 is 44.0 Å². The second kappa shape index (κ2) is 11.1. The Hall–Kier alpha value is -2.98. The van der Waals surface area contributed by atoms with Crippen molar-refractivity contribution in [2.75, 3.05) is 11.9 Å². The lowest BCUT2D eigenvalue weighted by Crippen LogP contribution is -2.60. The zero-order valence-electron chi connectivity index (χ0n) is 21.5. The van der Waals surface area contributed by atoms with Gasteiger partial charge in [-0.3, -0.25) is 0 Å². The maximum Gasteiger partial charge on any atom is 0.417 e. The highest BCUT2D eigenvalue weighted by Gasteiger charge is 2.66. The van der Waals surface area contributed by atoms with Crippen LogP contribution in [0.3, 0.4) is 0 Å². The van der Waals surface area contributed by atoms with Crippen LogP contribution in [0.1, 0.15) is 51.0 Å². The minimum atomic E-state index is -4.91. The standard InChI is InChI=1S/C24H27F4N5O5S2/c1-13(2)31-22(34)38-12-14-5-15(6-14)16-10-29-21(30-11-16)32-20-4-3-18(7-19(20)25)40(36,37)33(39)17-8-23(35,9-17)24(26,27)28/h3-4,7,10-11,13-15,17,35H,5-6,8-9,12H2,1-2H3,(H-,29,30,31,32,34)/p+1. The summed E-state index contributed by atoms with van der Waals surface area (Å²) in [7, 11) is -4.50. The summed E-state index contributed by atoms with van der Waals surface area (Å²) in [6, 6.07) is 1.61. The van der Waals surface area contributed by atoms with Crippen molar-refractivity contribution in [2.24, 2.45) is 5.92 Å². The van der Waals surface area contributed by atoms with Crippen LogP contribution in [-0.2, 0) is 27.2 Å². The molecule has 1 heterocycles. The number of rotatable bonds is 9. The van der Waals surface area contributed by atoms with Gasteiger partial charge in [-0.2, -0.15) is 21.6 Å². The van der Waals surface area contributed by atoms with Crippen molar-refractivity contribution in [3.8, 4) is 0 Å². The first-order valence-electron chi connectivity index (χ1n) is 12.4. The summed E-state index contributed by atoms with van der Waals surface area (Å²) in [5.74, 6) is -0.480. The van der Waals surface area contributed by atoms with Gasteiger partial charge >= 0.3 is 22.3 Å². The van der Waals surface area contributed by atoms with E-state index in [1.165, 1.54) is 0 Å². The second-order valence-electron chi connectivity index (χ2n) is 10.4. The number of aliphatic hydroxyl groups is 1. The molecule has 1 aromatic carbocycles. The van der Waals surface area contributed by atoms with Gasteiger partial charge in [-0.15, -0.1) is 0 Å². The van der Waals surface area contributed by atoms with E-state index in [9.17, 15) is 35.9 Å². The first-order valence-corrected chi connectivity index (χ1v) is 14.2. The number of benzene rings is 1. The van der Waals surface area contributed by atoms with Gasteiger partial charge in [0.15, 0.2) is 11.6 Å². The smallest absolute Gasteiger partial charge is 0.417 e. The quantitative estimate of drug-likeness (QED) is 0.287. The molecule has 1 aromatic heterocycles. The molecule has 2 saturated carbocycles. The maximum atomic E-state index is 14.8. The molecule has 0 radical (unpaired) electrons. The summed E-state index contributed by atoms with van der Waals surface area (Å²) in [6.45, 7) is 4.00. The summed E-state index contributed by atoms with van der Waals surface area (Å²) in [5, 5.41) is 14.9. The molecular formula is C24H28F4N5O5S2+. The van der Waals surface area contributed by atoms with E-state index in [2.05, 4.69) is 20.6 Å². The van der Waals surface area contributed by atoms with E-state index < -0.39 is 57.5 Å². The Morgan fingerprint density at radius 3 is 2.42 bits per heavy atom. The zero-order chi connectivity index (χ0) is 29.5. The number of ether oxygens (including phenoxy) is 1. The van der Waals surface area contributed by atoms with Gasteiger partial charge in [-0.1, -0.05) is 0 Å². The lowest BCUT2D eigenvalue weighted by molar-refractivity contribution is -0.450. The Labute approximate surface area is 233 Å². The third kappa shape index (κ3) is 6.33. The zero-order valence-corrected chi connectivity index (χ0v) is 23.1. The van der Waals surface area contributed by atoms with Gasteiger partial charge < -0.3 is 20.5 Å². The van der Waals surface area contributed by atoms with Gasteiger partial charge in [0.2, 0.25) is 5.95 Å². The first kappa shape index (κ1) is 30.0. The monoisotopic (exact) mass is 606 g/mol. The van der Waals surface area contributed by atoms with Gasteiger partial charge in [0.05, 0.1) is 25.1 Å². The van der Waals surface area contributed by atoms with Crippen LogP contribution in [0.5, 0.6) is 0 Å². The lowest BCUT2D eigenvalue weighted by atomic mass is 9.72. The van der Waals surface area contributed by atoms with E-state index >= 15 is 0 Å². The van der Waals surface area contributed by atoms with Crippen LogP contribution in [0, 0.1) is 11.7 Å². The predicted molar refractivity (Wildman–Crippen MR) is 136 cm³/mol. The molecule has 1 amide bonds. The van der Waals surface area contributed by atoms with Crippen molar-refractivity contribution in [1.82, 2.24) is 15.3 Å². The summed E-state index contributed by atoms with van der Waals surface area (Å²) in [5.41, 5.74) is -2.26. The van der Waals surface area contributed by atoms with Gasteiger partial charge in [0.1, 0.15) is 10.7 Å². The molecule has 16 heteroatoms. The van der Waals surface area contributed by atoms with E-state index in [0.29, 0.717) is 16.0 Å². The molecule has 40 heavy (non-hydrogen) atoms. The van der Waals surface area contributed by atoms with Crippen molar-refractivity contribution >= 4 is 40.2 Å². The molecule has 4 rings (SSSR count). The van der Waals surface area contributed by atoms with Crippen molar-refractivity contribution in [1.29, 1.82) is 0 Å². The average Bonchev–Trinajstić information content (AvgIpc) is 2.81. The van der Waals surface area contributed by atoms with Crippen LogP contribution in [0.2, 0.25) is 0 Å². The lowest BCUT2D eigenvalue weighted by Gasteiger charge is -2.40. The topological polar surface area (TPSA) is 134 Å². The van der Waals surface area contributed by atoms with Gasteiger partial charge in [-0.05, 0) is 59.6 Å². The fraction of sp³-hybridized carbons (Fsp3) is 0.542. The number of amides is 1. The Kier molecular flexibility index (Phi) is 8.34. The number of alkyl carbamates (subject to hydrolysis) is 1. The highest BCUT2D eigenvalue weighted by molar-refractivity contribution is 7.87. The number of alkyl halides is 3. The maximum absolute atomic E-state index is 14.8. The molecule has 218 valence electrons. The largest absolute Gasteiger partial charge is 0.449 e. The number of sulfonamides is 1. The highest BCUT2D eigenvalue weighted by atomic mass is 32.2. The predicted octanol–water partition coefficient (Wildman–Crippen LogP) is 3.88. The molecule has 2 aliphatic rings. The Morgan fingerprint density at radius 1 is 1.25 bits per heavy atom. The highest BCUT2D eigenvalue weighted by Crippen LogP contribution is 2.47. The molecule has 2 aliphatic carbocycles. The molecular weight excluding hydrogens is 578 g/mol. The number of anilines is 2. The molecule has 3 N–H and O–H groups in total. The summed E-state index contributed by atoms with van der Waals surface area (Å²) < 4.78 is 84.3. The second-order valence-corrected chi connectivity index (χ2v) is 12.8. The molecule has 10 nitrogen and oxygen atoms in total. The van der Waals surface area contributed by atoms with E-state index in [1.54, 1.807) is 12.4 Å². The van der Waals surface area contributed by atoms with Crippen molar-refractivity contribution in [2.45, 2.75) is 74.2 Å². The van der Waals surface area contributed by atoms with Gasteiger partial charge in [-0.25, -0.2) is 19.2 Å². The summed E-state index contributed by atoms with van der Waals surface area (Å²) in [4.78, 5) is 19.4. The number of nitrogens with zero attached hydrogens (tertiary/aromatic N) is 3. The molecule has 2 aromatic rings. The fourth-order valence-electron chi connectivity index (χ4n) is 4.51. The molecule has 0 aliphatic heterocycles. The number of nitrogens with one attached hydrogen (secondary N) is 2. The summed E-state index contributed by atoms with van der Waals surface area (Å²) in [6.07, 6.45) is -2.39. The first-order chi connectivity index (χ1) is 18.6. The normalized spacial score (nSPS) is 24.6. The SMILES string of the molecule is CC(C)NC(=O)OCC1CC(c2cnc(Nc3ccc(S(=O)(=O)[N+](=S)C4CC(O)(C(F)(F)F)C4)cc3F)nc2)C1. The van der Waals surface area contributed by atoms with E-state index in [-0.39, 0.29) is 29.5 Å². The fourth-order valence-corrected chi connectivity index (χ4v) is 6.16. The van der Waals surface area contributed by atoms with Crippen LogP contribution in [0.15, 0.2) is 35.5 Å². The third-order valence-corrected chi connectivity index (χ3v) is 9.44. The molecule has 2 fully saturated rings. The third-order valence-electron chi connectivity index (χ3n) is 6.93. The van der Waals surface area contributed by atoms with Crippen LogP contribution < -0.4 is 10.6 Å². The van der Waals surface area contributed by atoms with Crippen LogP contribution in [0.25, 0.3) is 0 Å². The van der Waals surface area contributed by atoms with E-state index in [1.807, 2.05) is 13.8 Å².